The Morgan fingerprint density at radius 2 is 1.81 bits per heavy atom. The van der Waals surface area contributed by atoms with Crippen LogP contribution in [-0.2, 0) is 23.1 Å². The van der Waals surface area contributed by atoms with Crippen LogP contribution in [0.4, 0.5) is 0 Å². The minimum atomic E-state index is -3.89. The lowest BCUT2D eigenvalue weighted by Crippen LogP contribution is -2.30. The predicted octanol–water partition coefficient (Wildman–Crippen LogP) is 5.64. The van der Waals surface area contributed by atoms with Crippen molar-refractivity contribution in [1.29, 1.82) is 0 Å². The van der Waals surface area contributed by atoms with Gasteiger partial charge in [0.05, 0.1) is 34.0 Å². The number of hydrogen-bond acceptors (Lipinski definition) is 6. The van der Waals surface area contributed by atoms with Gasteiger partial charge in [-0.1, -0.05) is 47.0 Å². The van der Waals surface area contributed by atoms with E-state index < -0.39 is 15.9 Å². The highest BCUT2D eigenvalue weighted by Crippen LogP contribution is 2.26. The van der Waals surface area contributed by atoms with Gasteiger partial charge in [-0.05, 0) is 61.0 Å². The average Bonchev–Trinajstić information content (AvgIpc) is 3.54. The molecule has 0 aliphatic carbocycles. The van der Waals surface area contributed by atoms with Crippen LogP contribution in [0.15, 0.2) is 91.8 Å². The summed E-state index contributed by atoms with van der Waals surface area (Å²) in [4.78, 5) is 12.0. The van der Waals surface area contributed by atoms with Crippen molar-refractivity contribution in [2.75, 3.05) is 0 Å². The van der Waals surface area contributed by atoms with Gasteiger partial charge in [0.15, 0.2) is 5.76 Å². The Bertz CT molecular complexity index is 1480. The summed E-state index contributed by atoms with van der Waals surface area (Å²) in [5, 5.41) is 4.55. The minimum absolute atomic E-state index is 0.0381. The van der Waals surface area contributed by atoms with Crippen molar-refractivity contribution < 1.29 is 22.0 Å². The van der Waals surface area contributed by atoms with E-state index in [1.807, 2.05) is 6.92 Å². The normalized spacial score (nSPS) is 11.9. The first-order valence-electron chi connectivity index (χ1n) is 10.7. The van der Waals surface area contributed by atoms with Crippen molar-refractivity contribution in [3.05, 3.63) is 111 Å². The molecule has 4 aromatic rings. The van der Waals surface area contributed by atoms with E-state index in [1.165, 1.54) is 22.8 Å². The molecule has 36 heavy (non-hydrogen) atoms. The third kappa shape index (κ3) is 6.24. The molecule has 1 amide bonds. The maximum Gasteiger partial charge on any atom is 0.307 e. The lowest BCUT2D eigenvalue weighted by atomic mass is 10.2. The number of aryl methyl sites for hydroxylation is 1. The lowest BCUT2D eigenvalue weighted by molar-refractivity contribution is 0.0927. The second-order valence-electron chi connectivity index (χ2n) is 7.82. The number of benzene rings is 2. The van der Waals surface area contributed by atoms with Gasteiger partial charge < -0.3 is 8.83 Å². The van der Waals surface area contributed by atoms with Gasteiger partial charge in [0.25, 0.3) is 0 Å². The number of nitrogens with zero attached hydrogens (tertiary/aromatic N) is 2. The highest BCUT2D eigenvalue weighted by molar-refractivity contribution is 7.89. The number of sulfonamides is 1. The molecule has 0 atom stereocenters. The molecule has 0 saturated heterocycles. The summed E-state index contributed by atoms with van der Waals surface area (Å²) in [6.07, 6.45) is 2.69. The first kappa shape index (κ1) is 25.7. The number of nitrogens with one attached hydrogen (secondary N) is 1. The van der Waals surface area contributed by atoms with E-state index >= 15 is 0 Å². The summed E-state index contributed by atoms with van der Waals surface area (Å²) in [6, 6.07) is 17.9. The van der Waals surface area contributed by atoms with Gasteiger partial charge in [-0.2, -0.15) is 9.41 Å². The fourth-order valence-corrected chi connectivity index (χ4v) is 4.98. The first-order valence-corrected chi connectivity index (χ1v) is 12.9. The van der Waals surface area contributed by atoms with Gasteiger partial charge in [0.1, 0.15) is 11.5 Å². The Balaban J connectivity index is 1.54. The third-order valence-electron chi connectivity index (χ3n) is 5.12. The number of hydrogen-bond donors (Lipinski definition) is 1. The molecule has 0 unspecified atom stereocenters. The number of amides is 1. The molecule has 4 rings (SSSR count). The monoisotopic (exact) mass is 545 g/mol. The summed E-state index contributed by atoms with van der Waals surface area (Å²) in [5.41, 5.74) is 3.93. The summed E-state index contributed by atoms with van der Waals surface area (Å²) >= 11 is 12.2. The first-order chi connectivity index (χ1) is 17.2. The zero-order valence-electron chi connectivity index (χ0n) is 19.0. The van der Waals surface area contributed by atoms with E-state index in [0.29, 0.717) is 27.1 Å². The standard InChI is InChI=1S/C25H21Cl2N3O5S/c1-17-4-9-21(10-5-17)36(32,33)30(15-18-6-11-22(26)23(27)13-18)16-20-8-7-19(35-20)14-28-29-25(31)24-3-2-12-34-24/h2-14H,15-16H2,1H3,(H,29,31)/b28-14-. The van der Waals surface area contributed by atoms with Crippen LogP contribution in [0.25, 0.3) is 0 Å². The van der Waals surface area contributed by atoms with Crippen LogP contribution in [0.3, 0.4) is 0 Å². The van der Waals surface area contributed by atoms with E-state index in [9.17, 15) is 13.2 Å². The number of carbonyl (C=O) groups excluding carboxylic acids is 1. The van der Waals surface area contributed by atoms with Crippen LogP contribution in [-0.4, -0.2) is 24.8 Å². The molecule has 2 aromatic heterocycles. The predicted molar refractivity (Wildman–Crippen MR) is 137 cm³/mol. The van der Waals surface area contributed by atoms with Crippen molar-refractivity contribution in [1.82, 2.24) is 9.73 Å². The molecule has 8 nitrogen and oxygen atoms in total. The minimum Gasteiger partial charge on any atom is -0.459 e. The van der Waals surface area contributed by atoms with Gasteiger partial charge in [0, 0.05) is 6.54 Å². The quantitative estimate of drug-likeness (QED) is 0.216. The van der Waals surface area contributed by atoms with Crippen LogP contribution in [0, 0.1) is 6.92 Å². The fraction of sp³-hybridized carbons (Fsp3) is 0.120. The van der Waals surface area contributed by atoms with E-state index in [0.717, 1.165) is 5.56 Å². The van der Waals surface area contributed by atoms with E-state index in [2.05, 4.69) is 10.5 Å². The molecular formula is C25H21Cl2N3O5S. The van der Waals surface area contributed by atoms with E-state index in [-0.39, 0.29) is 23.7 Å². The molecule has 0 bridgehead atoms. The zero-order valence-corrected chi connectivity index (χ0v) is 21.3. The number of halogens is 2. The average molecular weight is 546 g/mol. The molecule has 2 heterocycles. The molecular weight excluding hydrogens is 525 g/mol. The second-order valence-corrected chi connectivity index (χ2v) is 10.6. The largest absolute Gasteiger partial charge is 0.459 e. The summed E-state index contributed by atoms with van der Waals surface area (Å²) in [6.45, 7) is 1.87. The van der Waals surface area contributed by atoms with E-state index in [4.69, 9.17) is 32.0 Å². The van der Waals surface area contributed by atoms with Crippen molar-refractivity contribution in [2.24, 2.45) is 5.10 Å². The van der Waals surface area contributed by atoms with Crippen LogP contribution < -0.4 is 5.43 Å². The van der Waals surface area contributed by atoms with Crippen LogP contribution in [0.5, 0.6) is 0 Å². The highest BCUT2D eigenvalue weighted by Gasteiger charge is 2.26. The molecule has 0 aliphatic heterocycles. The molecule has 1 N–H and O–H groups in total. The Labute approximate surface area is 218 Å². The summed E-state index contributed by atoms with van der Waals surface area (Å²) < 4.78 is 39.0. The molecule has 0 spiro atoms. The van der Waals surface area contributed by atoms with Crippen LogP contribution in [0.1, 0.15) is 33.2 Å². The van der Waals surface area contributed by atoms with Crippen molar-refractivity contribution in [3.63, 3.8) is 0 Å². The molecule has 2 aromatic carbocycles. The highest BCUT2D eigenvalue weighted by atomic mass is 35.5. The fourth-order valence-electron chi connectivity index (χ4n) is 3.27. The SMILES string of the molecule is Cc1ccc(S(=O)(=O)N(Cc2ccc(Cl)c(Cl)c2)Cc2ccc(/C=N\NC(=O)c3ccco3)o2)cc1. The van der Waals surface area contributed by atoms with Crippen molar-refractivity contribution in [3.8, 4) is 0 Å². The Hall–Kier alpha value is -3.37. The Morgan fingerprint density at radius 3 is 2.50 bits per heavy atom. The molecule has 0 fully saturated rings. The van der Waals surface area contributed by atoms with Gasteiger partial charge in [-0.15, -0.1) is 0 Å². The second kappa shape index (κ2) is 11.1. The Morgan fingerprint density at radius 1 is 1.03 bits per heavy atom. The molecule has 0 radical (unpaired) electrons. The lowest BCUT2D eigenvalue weighted by Gasteiger charge is -2.22. The Kier molecular flexibility index (Phi) is 7.95. The summed E-state index contributed by atoms with van der Waals surface area (Å²) in [5.74, 6) is 0.308. The van der Waals surface area contributed by atoms with Crippen molar-refractivity contribution >= 4 is 45.3 Å². The maximum atomic E-state index is 13.5. The van der Waals surface area contributed by atoms with Gasteiger partial charge in [-0.3, -0.25) is 4.79 Å². The molecule has 0 aliphatic rings. The smallest absolute Gasteiger partial charge is 0.307 e. The van der Waals surface area contributed by atoms with Crippen LogP contribution >= 0.6 is 23.2 Å². The molecule has 186 valence electrons. The van der Waals surface area contributed by atoms with Crippen molar-refractivity contribution in [2.45, 2.75) is 24.9 Å². The zero-order chi connectivity index (χ0) is 25.7. The maximum absolute atomic E-state index is 13.5. The topological polar surface area (TPSA) is 105 Å². The summed E-state index contributed by atoms with van der Waals surface area (Å²) in [7, 11) is -3.89. The van der Waals surface area contributed by atoms with Gasteiger partial charge in [0.2, 0.25) is 10.0 Å². The number of rotatable bonds is 9. The van der Waals surface area contributed by atoms with Gasteiger partial charge >= 0.3 is 5.91 Å². The third-order valence-corrected chi connectivity index (χ3v) is 7.66. The van der Waals surface area contributed by atoms with E-state index in [1.54, 1.807) is 60.7 Å². The number of furan rings is 2. The van der Waals surface area contributed by atoms with Gasteiger partial charge in [-0.25, -0.2) is 13.8 Å². The number of hydrazone groups is 1. The number of carbonyl (C=O) groups is 1. The molecule has 0 saturated carbocycles. The molecule has 11 heteroatoms. The van der Waals surface area contributed by atoms with Crippen LogP contribution in [0.2, 0.25) is 10.0 Å².